The van der Waals surface area contributed by atoms with Gasteiger partial charge in [-0.1, -0.05) is 23.5 Å². The number of fused-ring (bicyclic) bond motifs is 1. The number of benzene rings is 2. The van der Waals surface area contributed by atoms with Gasteiger partial charge in [0.2, 0.25) is 0 Å². The van der Waals surface area contributed by atoms with Crippen LogP contribution in [-0.4, -0.2) is 29.9 Å². The van der Waals surface area contributed by atoms with Crippen molar-refractivity contribution in [3.63, 3.8) is 0 Å². The van der Waals surface area contributed by atoms with E-state index in [1.165, 1.54) is 6.07 Å². The second-order valence-electron chi connectivity index (χ2n) is 6.00. The lowest BCUT2D eigenvalue weighted by Crippen LogP contribution is -2.20. The van der Waals surface area contributed by atoms with Crippen LogP contribution in [0.15, 0.2) is 46.3 Å². The summed E-state index contributed by atoms with van der Waals surface area (Å²) in [7, 11) is 0. The van der Waals surface area contributed by atoms with Gasteiger partial charge in [0.25, 0.3) is 5.91 Å². The van der Waals surface area contributed by atoms with Gasteiger partial charge < -0.3 is 9.30 Å². The van der Waals surface area contributed by atoms with Crippen LogP contribution in [0.25, 0.3) is 10.2 Å². The largest absolute Gasteiger partial charge is 0.380 e. The Balaban J connectivity index is 1.95. The number of thiazole rings is 1. The second-order valence-corrected chi connectivity index (χ2v) is 7.89. The number of aromatic nitrogens is 1. The van der Waals surface area contributed by atoms with E-state index in [0.717, 1.165) is 27.9 Å². The molecule has 1 amide bonds. The van der Waals surface area contributed by atoms with Crippen LogP contribution >= 0.6 is 23.1 Å². The average Bonchev–Trinajstić information content (AvgIpc) is 2.99. The van der Waals surface area contributed by atoms with Crippen molar-refractivity contribution in [1.29, 1.82) is 0 Å². The zero-order valence-corrected chi connectivity index (χ0v) is 17.2. The molecule has 1 heterocycles. The minimum atomic E-state index is -0.677. The van der Waals surface area contributed by atoms with Crippen LogP contribution in [0.1, 0.15) is 12.5 Å². The number of hydrogen-bond donors (Lipinski definition) is 0. The summed E-state index contributed by atoms with van der Waals surface area (Å²) in [5, 5.41) is 0. The van der Waals surface area contributed by atoms with E-state index in [1.54, 1.807) is 16.3 Å². The normalized spacial score (nSPS) is 12.1. The molecule has 148 valence electrons. The lowest BCUT2D eigenvalue weighted by molar-refractivity contribution is -0.117. The molecule has 4 nitrogen and oxygen atoms in total. The molecule has 8 heteroatoms. The van der Waals surface area contributed by atoms with Crippen molar-refractivity contribution in [2.75, 3.05) is 19.5 Å². The predicted molar refractivity (Wildman–Crippen MR) is 109 cm³/mol. The molecule has 0 aliphatic carbocycles. The van der Waals surface area contributed by atoms with E-state index >= 15 is 0 Å². The first-order valence-electron chi connectivity index (χ1n) is 8.78. The Morgan fingerprint density at radius 1 is 1.25 bits per heavy atom. The highest BCUT2D eigenvalue weighted by Crippen LogP contribution is 2.22. The molecule has 0 bridgehead atoms. The van der Waals surface area contributed by atoms with Crippen molar-refractivity contribution >= 4 is 39.2 Å². The van der Waals surface area contributed by atoms with Crippen molar-refractivity contribution < 1.29 is 18.3 Å². The van der Waals surface area contributed by atoms with Crippen molar-refractivity contribution in [3.05, 3.63) is 58.4 Å². The summed E-state index contributed by atoms with van der Waals surface area (Å²) in [6.45, 7) is 3.06. The van der Waals surface area contributed by atoms with E-state index < -0.39 is 11.6 Å². The molecular formula is C20H20F2N2O2S2. The number of hydrogen-bond acceptors (Lipinski definition) is 4. The predicted octanol–water partition coefficient (Wildman–Crippen LogP) is 4.41. The van der Waals surface area contributed by atoms with Crippen molar-refractivity contribution in [3.8, 4) is 0 Å². The number of carbonyl (C=O) groups excluding carboxylic acids is 1. The summed E-state index contributed by atoms with van der Waals surface area (Å²) in [4.78, 5) is 18.1. The summed E-state index contributed by atoms with van der Waals surface area (Å²) < 4.78 is 35.3. The molecule has 0 aliphatic heterocycles. The first kappa shape index (κ1) is 20.7. The van der Waals surface area contributed by atoms with E-state index in [1.807, 2.05) is 37.4 Å². The van der Waals surface area contributed by atoms with Crippen molar-refractivity contribution in [2.24, 2.45) is 4.99 Å². The van der Waals surface area contributed by atoms with Crippen LogP contribution in [-0.2, 0) is 22.5 Å². The summed E-state index contributed by atoms with van der Waals surface area (Å²) in [6, 6.07) is 9.78. The van der Waals surface area contributed by atoms with Gasteiger partial charge >= 0.3 is 0 Å². The van der Waals surface area contributed by atoms with Crippen LogP contribution < -0.4 is 4.80 Å². The molecule has 1 aromatic heterocycles. The third kappa shape index (κ3) is 4.87. The molecule has 0 fully saturated rings. The number of thioether (sulfide) groups is 1. The topological polar surface area (TPSA) is 43.6 Å². The van der Waals surface area contributed by atoms with Gasteiger partial charge in [0.1, 0.15) is 5.82 Å². The number of nitrogens with zero attached hydrogens (tertiary/aromatic N) is 2. The molecule has 0 saturated carbocycles. The van der Waals surface area contributed by atoms with Crippen molar-refractivity contribution in [2.45, 2.75) is 24.8 Å². The third-order valence-electron chi connectivity index (χ3n) is 4.09. The Labute approximate surface area is 169 Å². The second kappa shape index (κ2) is 9.45. The number of halogens is 2. The molecule has 0 atom stereocenters. The Morgan fingerprint density at radius 2 is 2.00 bits per heavy atom. The quantitative estimate of drug-likeness (QED) is 0.418. The molecular weight excluding hydrogens is 402 g/mol. The SMILES string of the molecule is CCOCCn1c(=NC(=O)Cc2ccc(SC)cc2)sc2cc(F)cc(F)c21. The lowest BCUT2D eigenvalue weighted by atomic mass is 10.1. The van der Waals surface area contributed by atoms with E-state index in [4.69, 9.17) is 4.74 Å². The van der Waals surface area contributed by atoms with Crippen LogP contribution in [0.5, 0.6) is 0 Å². The van der Waals surface area contributed by atoms with E-state index in [9.17, 15) is 13.6 Å². The molecule has 28 heavy (non-hydrogen) atoms. The smallest absolute Gasteiger partial charge is 0.252 e. The minimum Gasteiger partial charge on any atom is -0.380 e. The zero-order valence-electron chi connectivity index (χ0n) is 15.6. The van der Waals surface area contributed by atoms with Gasteiger partial charge in [-0.3, -0.25) is 4.79 Å². The van der Waals surface area contributed by atoms with Crippen LogP contribution in [0.4, 0.5) is 8.78 Å². The number of amides is 1. The molecule has 0 unspecified atom stereocenters. The van der Waals surface area contributed by atoms with Gasteiger partial charge in [-0.15, -0.1) is 11.8 Å². The van der Waals surface area contributed by atoms with Gasteiger partial charge in [-0.05, 0) is 36.9 Å². The first-order chi connectivity index (χ1) is 13.5. The van der Waals surface area contributed by atoms with Gasteiger partial charge in [-0.25, -0.2) is 8.78 Å². The van der Waals surface area contributed by atoms with Gasteiger partial charge in [0, 0.05) is 24.1 Å². The molecule has 0 aliphatic rings. The zero-order chi connectivity index (χ0) is 20.1. The summed E-state index contributed by atoms with van der Waals surface area (Å²) >= 11 is 2.72. The summed E-state index contributed by atoms with van der Waals surface area (Å²) in [6.07, 6.45) is 2.13. The van der Waals surface area contributed by atoms with Gasteiger partial charge in [0.15, 0.2) is 10.6 Å². The minimum absolute atomic E-state index is 0.144. The number of ether oxygens (including phenoxy) is 1. The summed E-state index contributed by atoms with van der Waals surface area (Å²) in [5.41, 5.74) is 1.09. The maximum atomic E-state index is 14.4. The van der Waals surface area contributed by atoms with Crippen molar-refractivity contribution in [1.82, 2.24) is 4.57 Å². The number of rotatable bonds is 7. The molecule has 0 saturated heterocycles. The van der Waals surface area contributed by atoms with Gasteiger partial charge in [-0.2, -0.15) is 4.99 Å². The highest BCUT2D eigenvalue weighted by Gasteiger charge is 2.14. The molecule has 0 radical (unpaired) electrons. The Kier molecular flexibility index (Phi) is 6.98. The molecule has 0 N–H and O–H groups in total. The Morgan fingerprint density at radius 3 is 2.68 bits per heavy atom. The van der Waals surface area contributed by atoms with Crippen LogP contribution in [0.3, 0.4) is 0 Å². The lowest BCUT2D eigenvalue weighted by Gasteiger charge is -2.06. The fraction of sp³-hybridized carbons (Fsp3) is 0.300. The van der Waals surface area contributed by atoms with Crippen LogP contribution in [0.2, 0.25) is 0 Å². The fourth-order valence-electron chi connectivity index (χ4n) is 2.79. The molecule has 3 rings (SSSR count). The maximum Gasteiger partial charge on any atom is 0.252 e. The van der Waals surface area contributed by atoms with E-state index in [2.05, 4.69) is 4.99 Å². The standard InChI is InChI=1S/C20H20F2N2O2S2/c1-3-26-9-8-24-19-16(22)11-14(21)12-17(19)28-20(24)23-18(25)10-13-4-6-15(27-2)7-5-13/h4-7,11-12H,3,8-10H2,1-2H3. The maximum absolute atomic E-state index is 14.4. The Bertz CT molecular complexity index is 1040. The fourth-order valence-corrected chi connectivity index (χ4v) is 4.31. The highest BCUT2D eigenvalue weighted by atomic mass is 32.2. The summed E-state index contributed by atoms with van der Waals surface area (Å²) in [5.74, 6) is -1.67. The first-order valence-corrected chi connectivity index (χ1v) is 10.8. The monoisotopic (exact) mass is 422 g/mol. The van der Waals surface area contributed by atoms with E-state index in [-0.39, 0.29) is 17.8 Å². The number of carbonyl (C=O) groups is 1. The third-order valence-corrected chi connectivity index (χ3v) is 5.86. The molecule has 3 aromatic rings. The van der Waals surface area contributed by atoms with Gasteiger partial charge in [0.05, 0.1) is 23.2 Å². The van der Waals surface area contributed by atoms with Crippen LogP contribution in [0, 0.1) is 11.6 Å². The van der Waals surface area contributed by atoms with E-state index in [0.29, 0.717) is 29.3 Å². The average molecular weight is 423 g/mol. The molecule has 2 aromatic carbocycles. The Hall–Kier alpha value is -2.03. The molecule has 0 spiro atoms. The highest BCUT2D eigenvalue weighted by molar-refractivity contribution is 7.98.